The third-order valence-corrected chi connectivity index (χ3v) is 12.4. The summed E-state index contributed by atoms with van der Waals surface area (Å²) in [5, 5.41) is 0. The molecule has 0 bridgehead atoms. The Labute approximate surface area is 379 Å². The molecule has 0 aliphatic heterocycles. The van der Waals surface area contributed by atoms with Crippen molar-refractivity contribution in [2.24, 2.45) is 0 Å². The number of benzene rings is 5. The Kier molecular flexibility index (Phi) is 16.5. The molecule has 6 aromatic rings. The van der Waals surface area contributed by atoms with Crippen LogP contribution in [0.1, 0.15) is 139 Å². The Morgan fingerprint density at radius 1 is 0.517 bits per heavy atom. The van der Waals surface area contributed by atoms with E-state index >= 15 is 0 Å². The summed E-state index contributed by atoms with van der Waals surface area (Å²) in [4.78, 5) is 0. The fourth-order valence-electron chi connectivity index (χ4n) is 7.16. The van der Waals surface area contributed by atoms with Gasteiger partial charge in [-0.15, -0.1) is 5.56 Å². The molecule has 0 amide bonds. The molecule has 7 rings (SSSR count). The molecule has 6 aromatic carbocycles. The maximum Gasteiger partial charge on any atom is -0.0623 e. The van der Waals surface area contributed by atoms with E-state index < -0.39 is 0 Å². The Morgan fingerprint density at radius 3 is 1.40 bits per heavy atom. The molecule has 1 aliphatic rings. The molecule has 304 valence electrons. The molecule has 0 heterocycles. The van der Waals surface area contributed by atoms with Crippen LogP contribution in [0.2, 0.25) is 0 Å². The standard InChI is InChI=1S/C21H25.C21H26.C13H13.2ClH.Zr/c1-20(2,3)16-9-7-14-11-15-8-10-17(21(4,5)6)13-19(15)18(14)12-16;1-20(2,3)18-11-7-16(8-12-18)15-17-9-13-19(14-10-17)21(4,5)6;1-10-8-11(2)13(9-10)12-6-4-3-5-7-12;;;/h7,9-10,12-13H,11H2,1-6H3;7-14H,1-6H3;3-9H,1-2H3;2*1H;/q-1;;-1;;;+2/p-2. The molecule has 0 radical (unpaired) electrons. The van der Waals surface area contributed by atoms with Crippen molar-refractivity contribution in [3.8, 4) is 22.3 Å². The first-order chi connectivity index (χ1) is 26.0. The first-order valence-corrected chi connectivity index (χ1v) is 21.5. The van der Waals surface area contributed by atoms with E-state index in [-0.39, 0.29) is 46.5 Å². The van der Waals surface area contributed by atoms with Crippen LogP contribution >= 0.6 is 0 Å². The minimum absolute atomic E-state index is 0. The monoisotopic (exact) mass is 884 g/mol. The molecule has 0 fully saturated rings. The predicted octanol–water partition coefficient (Wildman–Crippen LogP) is 8.75. The van der Waals surface area contributed by atoms with Crippen molar-refractivity contribution in [2.75, 3.05) is 0 Å². The predicted molar refractivity (Wildman–Crippen MR) is 241 cm³/mol. The van der Waals surface area contributed by atoms with Crippen LogP contribution in [0, 0.1) is 19.9 Å². The van der Waals surface area contributed by atoms with Crippen molar-refractivity contribution >= 4 is 3.21 Å². The zero-order chi connectivity index (χ0) is 41.2. The van der Waals surface area contributed by atoms with Crippen LogP contribution in [0.15, 0.2) is 121 Å². The first kappa shape index (κ1) is 49.1. The quantitative estimate of drug-likeness (QED) is 0.156. The molecular formula is C55H64Cl2Zr-2. The maximum absolute atomic E-state index is 3.53. The molecule has 1 aliphatic carbocycles. The summed E-state index contributed by atoms with van der Waals surface area (Å²) in [6.07, 6.45) is 1.03. The van der Waals surface area contributed by atoms with Crippen molar-refractivity contribution in [1.82, 2.24) is 0 Å². The zero-order valence-electron chi connectivity index (χ0n) is 37.5. The summed E-state index contributed by atoms with van der Waals surface area (Å²) in [7, 11) is 0. The van der Waals surface area contributed by atoms with Crippen molar-refractivity contribution in [3.05, 3.63) is 183 Å². The van der Waals surface area contributed by atoms with Crippen LogP contribution in [-0.4, -0.2) is 3.21 Å². The summed E-state index contributed by atoms with van der Waals surface area (Å²) in [5.74, 6) is 0. The first-order valence-electron chi connectivity index (χ1n) is 20.3. The van der Waals surface area contributed by atoms with Crippen LogP contribution in [-0.2, 0) is 52.3 Å². The molecule has 0 atom stereocenters. The van der Waals surface area contributed by atoms with Crippen molar-refractivity contribution < 1.29 is 49.0 Å². The Balaban J connectivity index is 0.000000236. The average Bonchev–Trinajstić information content (AvgIpc) is 3.68. The number of hydrogen-bond donors (Lipinski definition) is 0. The van der Waals surface area contributed by atoms with Crippen LogP contribution in [0.5, 0.6) is 0 Å². The Morgan fingerprint density at radius 2 is 0.966 bits per heavy atom. The fourth-order valence-corrected chi connectivity index (χ4v) is 7.98. The minimum Gasteiger partial charge on any atom is -1.00 e. The van der Waals surface area contributed by atoms with Gasteiger partial charge in [-0.1, -0.05) is 126 Å². The maximum atomic E-state index is 3.53. The molecule has 0 N–H and O–H groups in total. The fraction of sp³-hybridized carbons (Fsp3) is 0.345. The molecule has 0 saturated heterocycles. The van der Waals surface area contributed by atoms with E-state index in [1.54, 1.807) is 0 Å². The molecule has 0 nitrogen and oxygen atoms in total. The van der Waals surface area contributed by atoms with Gasteiger partial charge in [0.05, 0.1) is 0 Å². The van der Waals surface area contributed by atoms with E-state index in [4.69, 9.17) is 0 Å². The third kappa shape index (κ3) is 12.4. The summed E-state index contributed by atoms with van der Waals surface area (Å²) >= 11 is 1.46. The molecule has 0 saturated carbocycles. The number of hydrogen-bond acceptors (Lipinski definition) is 0. The van der Waals surface area contributed by atoms with Gasteiger partial charge in [-0.25, -0.2) is 6.07 Å². The van der Waals surface area contributed by atoms with Crippen LogP contribution in [0.25, 0.3) is 22.3 Å². The zero-order valence-corrected chi connectivity index (χ0v) is 41.5. The van der Waals surface area contributed by atoms with Gasteiger partial charge < -0.3 is 24.8 Å². The second kappa shape index (κ2) is 19.4. The number of rotatable bonds is 3. The van der Waals surface area contributed by atoms with E-state index in [1.807, 2.05) is 0 Å². The Bertz CT molecular complexity index is 2140. The van der Waals surface area contributed by atoms with Crippen LogP contribution in [0.4, 0.5) is 0 Å². The van der Waals surface area contributed by atoms with E-state index in [9.17, 15) is 0 Å². The van der Waals surface area contributed by atoms with Crippen molar-refractivity contribution in [2.45, 2.75) is 125 Å². The minimum atomic E-state index is 0. The molecule has 0 spiro atoms. The van der Waals surface area contributed by atoms with E-state index in [1.165, 1.54) is 105 Å². The normalized spacial score (nSPS) is 12.1. The summed E-state index contributed by atoms with van der Waals surface area (Å²) in [6.45, 7) is 31.5. The van der Waals surface area contributed by atoms with E-state index in [0.717, 1.165) is 6.42 Å². The number of aryl methyl sites for hydroxylation is 2. The third-order valence-electron chi connectivity index (χ3n) is 10.9. The Hall–Kier alpha value is -3.22. The molecular weight excluding hydrogens is 823 g/mol. The van der Waals surface area contributed by atoms with Gasteiger partial charge in [0.1, 0.15) is 0 Å². The van der Waals surface area contributed by atoms with Gasteiger partial charge in [0.25, 0.3) is 0 Å². The van der Waals surface area contributed by atoms with Gasteiger partial charge in [0.2, 0.25) is 0 Å². The molecule has 3 heteroatoms. The number of halogens is 2. The summed E-state index contributed by atoms with van der Waals surface area (Å²) in [6, 6.07) is 48.2. The van der Waals surface area contributed by atoms with Gasteiger partial charge in [0, 0.05) is 0 Å². The second-order valence-electron chi connectivity index (χ2n) is 19.9. The van der Waals surface area contributed by atoms with Gasteiger partial charge >= 0.3 is 151 Å². The molecule has 0 aromatic heterocycles. The largest absolute Gasteiger partial charge is 1.00 e. The van der Waals surface area contributed by atoms with Gasteiger partial charge in [-0.05, 0) is 17.4 Å². The van der Waals surface area contributed by atoms with E-state index in [0.29, 0.717) is 0 Å². The van der Waals surface area contributed by atoms with Crippen molar-refractivity contribution in [3.63, 3.8) is 0 Å². The SMILES string of the molecule is CC(C)(C)c1c[c-]c2c(c1)-c1cc(C(C)(C)C)ccc1C2.CC(C)(C)c1ccc([C](=[Zr+2])c2ccc(C(C)(C)C)cc2)cc1.Cc1cc(-c2ccccc2)c(C)[cH-]1.[Cl-].[Cl-]. The van der Waals surface area contributed by atoms with Gasteiger partial charge in [0.15, 0.2) is 0 Å². The van der Waals surface area contributed by atoms with Crippen LogP contribution < -0.4 is 24.8 Å². The average molecular weight is 887 g/mol. The second-order valence-corrected chi connectivity index (χ2v) is 21.1. The van der Waals surface area contributed by atoms with Crippen molar-refractivity contribution in [1.29, 1.82) is 0 Å². The molecule has 58 heavy (non-hydrogen) atoms. The summed E-state index contributed by atoms with van der Waals surface area (Å²) < 4.78 is 1.42. The molecule has 0 unspecified atom stereocenters. The van der Waals surface area contributed by atoms with Gasteiger partial charge in [-0.2, -0.15) is 52.1 Å². The van der Waals surface area contributed by atoms with Crippen LogP contribution in [0.3, 0.4) is 0 Å². The topological polar surface area (TPSA) is 0 Å². The number of fused-ring (bicyclic) bond motifs is 3. The summed E-state index contributed by atoms with van der Waals surface area (Å²) in [5.41, 5.74) is 20.0. The smallest absolute Gasteiger partial charge is 0.0623 e. The van der Waals surface area contributed by atoms with Gasteiger partial charge in [-0.3, -0.25) is 0 Å². The van der Waals surface area contributed by atoms with E-state index in [2.05, 4.69) is 224 Å².